The van der Waals surface area contributed by atoms with E-state index >= 15 is 0 Å². The van der Waals surface area contributed by atoms with Gasteiger partial charge in [-0.2, -0.15) is 0 Å². The molecule has 0 aliphatic rings. The summed E-state index contributed by atoms with van der Waals surface area (Å²) < 4.78 is 5.22. The van der Waals surface area contributed by atoms with Gasteiger partial charge in [-0.25, -0.2) is 0 Å². The summed E-state index contributed by atoms with van der Waals surface area (Å²) in [4.78, 5) is 1.90. The molecule has 0 fully saturated rings. The minimum Gasteiger partial charge on any atom is -0.468 e. The van der Waals surface area contributed by atoms with Gasteiger partial charge in [0.1, 0.15) is 5.76 Å². The fourth-order valence-electron chi connectivity index (χ4n) is 1.38. The number of halogens is 1. The molecule has 4 heteroatoms. The molecule has 16 heavy (non-hydrogen) atoms. The molecule has 0 bridgehead atoms. The van der Waals surface area contributed by atoms with Gasteiger partial charge in [-0.15, -0.1) is 0 Å². The van der Waals surface area contributed by atoms with Crippen LogP contribution in [0.4, 0.5) is 0 Å². The third kappa shape index (κ3) is 2.26. The molecule has 2 aromatic rings. The van der Waals surface area contributed by atoms with Crippen LogP contribution in [0.3, 0.4) is 0 Å². The first-order valence-corrected chi connectivity index (χ1v) is 6.02. The largest absolute Gasteiger partial charge is 0.468 e. The Morgan fingerprint density at radius 3 is 2.81 bits per heavy atom. The first-order valence-electron chi connectivity index (χ1n) is 4.82. The van der Waals surface area contributed by atoms with Crippen molar-refractivity contribution in [2.24, 2.45) is 0 Å². The molecule has 0 saturated heterocycles. The van der Waals surface area contributed by atoms with Crippen molar-refractivity contribution in [2.75, 3.05) is 0 Å². The van der Waals surface area contributed by atoms with Gasteiger partial charge in [-0.05, 0) is 24.6 Å². The lowest BCUT2D eigenvalue weighted by Crippen LogP contribution is -1.88. The van der Waals surface area contributed by atoms with Gasteiger partial charge in [0, 0.05) is 4.90 Å². The van der Waals surface area contributed by atoms with Crippen molar-refractivity contribution in [3.05, 3.63) is 46.9 Å². The van der Waals surface area contributed by atoms with Crippen molar-refractivity contribution in [3.63, 3.8) is 0 Å². The van der Waals surface area contributed by atoms with Crippen molar-refractivity contribution in [1.29, 1.82) is 0 Å². The Hall–Kier alpha value is -0.900. The van der Waals surface area contributed by atoms with Gasteiger partial charge in [-0.3, -0.25) is 0 Å². The van der Waals surface area contributed by atoms with E-state index in [1.54, 1.807) is 6.26 Å². The third-order valence-electron chi connectivity index (χ3n) is 2.24. The molecule has 1 aromatic carbocycles. The third-order valence-corrected chi connectivity index (χ3v) is 4.00. The number of aryl methyl sites for hydroxylation is 1. The van der Waals surface area contributed by atoms with E-state index in [1.807, 2.05) is 31.2 Å². The Kier molecular flexibility index (Phi) is 3.59. The van der Waals surface area contributed by atoms with Crippen LogP contribution in [-0.4, -0.2) is 5.11 Å². The molecule has 1 heterocycles. The number of benzene rings is 1. The second kappa shape index (κ2) is 4.95. The Bertz CT molecular complexity index is 494. The Morgan fingerprint density at radius 1 is 1.38 bits per heavy atom. The van der Waals surface area contributed by atoms with Crippen molar-refractivity contribution in [1.82, 2.24) is 0 Å². The van der Waals surface area contributed by atoms with E-state index in [-0.39, 0.29) is 6.61 Å². The zero-order valence-electron chi connectivity index (χ0n) is 8.74. The lowest BCUT2D eigenvalue weighted by atomic mass is 10.2. The second-order valence-corrected chi connectivity index (χ2v) is 4.79. The van der Waals surface area contributed by atoms with E-state index in [1.165, 1.54) is 11.8 Å². The van der Waals surface area contributed by atoms with Gasteiger partial charge < -0.3 is 9.52 Å². The molecule has 84 valence electrons. The van der Waals surface area contributed by atoms with E-state index in [9.17, 15) is 5.11 Å². The van der Waals surface area contributed by atoms with Gasteiger partial charge >= 0.3 is 0 Å². The highest BCUT2D eigenvalue weighted by atomic mass is 35.5. The summed E-state index contributed by atoms with van der Waals surface area (Å²) in [5.41, 5.74) is 0.832. The number of aliphatic hydroxyl groups is 1. The van der Waals surface area contributed by atoms with E-state index < -0.39 is 0 Å². The SMILES string of the molecule is Cc1occc1Sc1c(Cl)cccc1CO. The van der Waals surface area contributed by atoms with E-state index in [4.69, 9.17) is 16.0 Å². The van der Waals surface area contributed by atoms with E-state index in [2.05, 4.69) is 0 Å². The molecule has 0 saturated carbocycles. The van der Waals surface area contributed by atoms with E-state index in [0.717, 1.165) is 21.1 Å². The van der Waals surface area contributed by atoms with Crippen LogP contribution in [0.5, 0.6) is 0 Å². The van der Waals surface area contributed by atoms with Crippen LogP contribution in [0.1, 0.15) is 11.3 Å². The van der Waals surface area contributed by atoms with Crippen LogP contribution >= 0.6 is 23.4 Å². The molecule has 0 amide bonds. The summed E-state index contributed by atoms with van der Waals surface area (Å²) in [5.74, 6) is 0.855. The van der Waals surface area contributed by atoms with Gasteiger partial charge in [0.2, 0.25) is 0 Å². The molecule has 1 aromatic heterocycles. The normalized spacial score (nSPS) is 10.7. The van der Waals surface area contributed by atoms with Crippen LogP contribution in [0.15, 0.2) is 44.7 Å². The summed E-state index contributed by atoms with van der Waals surface area (Å²) in [6, 6.07) is 7.41. The van der Waals surface area contributed by atoms with Crippen LogP contribution in [0.2, 0.25) is 5.02 Å². The number of furan rings is 1. The Balaban J connectivity index is 2.37. The number of hydrogen-bond acceptors (Lipinski definition) is 3. The quantitative estimate of drug-likeness (QED) is 0.902. The number of aliphatic hydroxyl groups excluding tert-OH is 1. The maximum absolute atomic E-state index is 9.25. The summed E-state index contributed by atoms with van der Waals surface area (Å²) in [5, 5.41) is 9.90. The highest BCUT2D eigenvalue weighted by molar-refractivity contribution is 7.99. The zero-order chi connectivity index (χ0) is 11.5. The molecule has 0 unspecified atom stereocenters. The summed E-state index contributed by atoms with van der Waals surface area (Å²) in [6.45, 7) is 1.89. The van der Waals surface area contributed by atoms with E-state index in [0.29, 0.717) is 5.02 Å². The predicted molar refractivity (Wildman–Crippen MR) is 64.9 cm³/mol. The van der Waals surface area contributed by atoms with Crippen molar-refractivity contribution >= 4 is 23.4 Å². The van der Waals surface area contributed by atoms with Crippen LogP contribution < -0.4 is 0 Å². The molecule has 1 N–H and O–H groups in total. The second-order valence-electron chi connectivity index (χ2n) is 3.33. The van der Waals surface area contributed by atoms with Crippen molar-refractivity contribution in [2.45, 2.75) is 23.3 Å². The first kappa shape index (κ1) is 11.6. The van der Waals surface area contributed by atoms with Gasteiger partial charge in [-0.1, -0.05) is 35.5 Å². The fourth-order valence-corrected chi connectivity index (χ4v) is 2.66. The smallest absolute Gasteiger partial charge is 0.114 e. The maximum atomic E-state index is 9.25. The molecule has 2 rings (SSSR count). The van der Waals surface area contributed by atoms with Gasteiger partial charge in [0.25, 0.3) is 0 Å². The monoisotopic (exact) mass is 254 g/mol. The molecule has 0 aliphatic carbocycles. The topological polar surface area (TPSA) is 33.4 Å². The first-order chi connectivity index (χ1) is 7.72. The average molecular weight is 255 g/mol. The average Bonchev–Trinajstić information content (AvgIpc) is 2.67. The number of rotatable bonds is 3. The molecular formula is C12H11ClO2S. The van der Waals surface area contributed by atoms with Crippen molar-refractivity contribution < 1.29 is 9.52 Å². The lowest BCUT2D eigenvalue weighted by Gasteiger charge is -2.08. The van der Waals surface area contributed by atoms with Crippen LogP contribution in [-0.2, 0) is 6.61 Å². The highest BCUT2D eigenvalue weighted by Crippen LogP contribution is 2.37. The van der Waals surface area contributed by atoms with Crippen LogP contribution in [0.25, 0.3) is 0 Å². The predicted octanol–water partition coefficient (Wildman–Crippen LogP) is 3.88. The van der Waals surface area contributed by atoms with Gasteiger partial charge in [0.05, 0.1) is 22.8 Å². The molecule has 2 nitrogen and oxygen atoms in total. The summed E-state index contributed by atoms with van der Waals surface area (Å²) >= 11 is 7.63. The molecule has 0 aliphatic heterocycles. The fraction of sp³-hybridized carbons (Fsp3) is 0.167. The maximum Gasteiger partial charge on any atom is 0.114 e. The summed E-state index contributed by atoms with van der Waals surface area (Å²) in [6.07, 6.45) is 1.65. The minimum atomic E-state index is -0.0141. The Morgan fingerprint density at radius 2 is 2.19 bits per heavy atom. The number of hydrogen-bond donors (Lipinski definition) is 1. The molecular weight excluding hydrogens is 244 g/mol. The summed E-state index contributed by atoms with van der Waals surface area (Å²) in [7, 11) is 0. The minimum absolute atomic E-state index is 0.0141. The molecule has 0 radical (unpaired) electrons. The van der Waals surface area contributed by atoms with Crippen LogP contribution in [0, 0.1) is 6.92 Å². The zero-order valence-corrected chi connectivity index (χ0v) is 10.3. The van der Waals surface area contributed by atoms with Crippen molar-refractivity contribution in [3.8, 4) is 0 Å². The standard InChI is InChI=1S/C12H11ClO2S/c1-8-11(5-6-15-8)16-12-9(7-14)3-2-4-10(12)13/h2-6,14H,7H2,1H3. The molecule has 0 atom stereocenters. The lowest BCUT2D eigenvalue weighted by molar-refractivity contribution is 0.279. The van der Waals surface area contributed by atoms with Gasteiger partial charge in [0.15, 0.2) is 0 Å². The molecule has 0 spiro atoms. The Labute approximate surface area is 103 Å². The highest BCUT2D eigenvalue weighted by Gasteiger charge is 2.10.